The topological polar surface area (TPSA) is 26.0 Å². The summed E-state index contributed by atoms with van der Waals surface area (Å²) in [6.07, 6.45) is -1.45. The van der Waals surface area contributed by atoms with Gasteiger partial charge in [0.2, 0.25) is 0 Å². The Balaban J connectivity index is 2.24. The second-order valence-electron chi connectivity index (χ2n) is 4.37. The van der Waals surface area contributed by atoms with E-state index in [4.69, 9.17) is 5.73 Å². The second kappa shape index (κ2) is 4.09. The molecule has 1 nitrogen and oxygen atoms in total. The van der Waals surface area contributed by atoms with Crippen LogP contribution in [0.15, 0.2) is 24.3 Å². The minimum absolute atomic E-state index is 0.224. The van der Waals surface area contributed by atoms with Crippen molar-refractivity contribution in [2.24, 2.45) is 11.7 Å². The number of nitrogens with two attached hydrogens (primary N) is 1. The molecule has 0 heterocycles. The molecule has 0 aliphatic heterocycles. The van der Waals surface area contributed by atoms with Crippen molar-refractivity contribution in [2.45, 2.75) is 31.5 Å². The van der Waals surface area contributed by atoms with Crippen molar-refractivity contribution < 1.29 is 13.2 Å². The van der Waals surface area contributed by atoms with Gasteiger partial charge in [0.25, 0.3) is 0 Å². The lowest BCUT2D eigenvalue weighted by molar-refractivity contribution is -0.138. The molecular formula is C12H14F3N. The highest BCUT2D eigenvalue weighted by Crippen LogP contribution is 2.40. The van der Waals surface area contributed by atoms with Crippen molar-refractivity contribution in [3.63, 3.8) is 0 Å². The van der Waals surface area contributed by atoms with Gasteiger partial charge in [-0.2, -0.15) is 13.2 Å². The monoisotopic (exact) mass is 229 g/mol. The van der Waals surface area contributed by atoms with Gasteiger partial charge in [0.15, 0.2) is 0 Å². The Morgan fingerprint density at radius 2 is 1.88 bits per heavy atom. The first-order chi connectivity index (χ1) is 7.48. The van der Waals surface area contributed by atoms with Crippen LogP contribution >= 0.6 is 0 Å². The van der Waals surface area contributed by atoms with E-state index >= 15 is 0 Å². The van der Waals surface area contributed by atoms with Crippen LogP contribution < -0.4 is 5.73 Å². The molecule has 0 spiro atoms. The molecule has 0 saturated heterocycles. The van der Waals surface area contributed by atoms with Crippen molar-refractivity contribution in [1.82, 2.24) is 0 Å². The first kappa shape index (κ1) is 11.5. The van der Waals surface area contributed by atoms with E-state index in [9.17, 15) is 13.2 Å². The minimum atomic E-state index is -4.31. The summed E-state index contributed by atoms with van der Waals surface area (Å²) in [5, 5.41) is 0. The molecule has 1 saturated carbocycles. The number of benzene rings is 1. The molecule has 2 N–H and O–H groups in total. The van der Waals surface area contributed by atoms with E-state index in [1.165, 1.54) is 12.1 Å². The van der Waals surface area contributed by atoms with Gasteiger partial charge in [-0.05, 0) is 24.0 Å². The van der Waals surface area contributed by atoms with E-state index in [0.717, 1.165) is 18.9 Å². The van der Waals surface area contributed by atoms with Crippen LogP contribution in [0.5, 0.6) is 0 Å². The summed E-state index contributed by atoms with van der Waals surface area (Å²) in [7, 11) is 0. The van der Waals surface area contributed by atoms with Crippen LogP contribution in [0.1, 0.15) is 36.4 Å². The van der Waals surface area contributed by atoms with E-state index in [0.29, 0.717) is 12.3 Å². The molecular weight excluding hydrogens is 215 g/mol. The van der Waals surface area contributed by atoms with Crippen LogP contribution in [0.25, 0.3) is 0 Å². The molecule has 0 bridgehead atoms. The van der Waals surface area contributed by atoms with Gasteiger partial charge in [0, 0.05) is 6.04 Å². The fourth-order valence-electron chi connectivity index (χ4n) is 1.92. The largest absolute Gasteiger partial charge is 0.416 e. The van der Waals surface area contributed by atoms with Gasteiger partial charge in [-0.25, -0.2) is 0 Å². The van der Waals surface area contributed by atoms with E-state index in [1.54, 1.807) is 6.07 Å². The zero-order chi connectivity index (χ0) is 11.8. The van der Waals surface area contributed by atoms with Gasteiger partial charge in [0.05, 0.1) is 5.56 Å². The van der Waals surface area contributed by atoms with E-state index in [-0.39, 0.29) is 5.56 Å². The average Bonchev–Trinajstić information content (AvgIpc) is 3.00. The maximum absolute atomic E-state index is 12.7. The molecule has 1 atom stereocenters. The number of hydrogen-bond donors (Lipinski definition) is 1. The molecule has 16 heavy (non-hydrogen) atoms. The maximum atomic E-state index is 12.7. The fourth-order valence-corrected chi connectivity index (χ4v) is 1.92. The smallest absolute Gasteiger partial charge is 0.324 e. The Morgan fingerprint density at radius 1 is 1.25 bits per heavy atom. The third-order valence-electron chi connectivity index (χ3n) is 2.95. The molecule has 1 aromatic rings. The number of rotatable bonds is 3. The molecule has 88 valence electrons. The van der Waals surface area contributed by atoms with Crippen molar-refractivity contribution in [3.05, 3.63) is 35.4 Å². The van der Waals surface area contributed by atoms with Gasteiger partial charge in [-0.15, -0.1) is 0 Å². The lowest BCUT2D eigenvalue weighted by Gasteiger charge is -2.17. The molecule has 1 aromatic carbocycles. The summed E-state index contributed by atoms with van der Waals surface area (Å²) >= 11 is 0. The average molecular weight is 229 g/mol. The number of halogens is 3. The standard InChI is InChI=1S/C12H14F3N/c13-12(14,15)10-4-2-1-3-9(10)11(16)7-8-5-6-8/h1-4,8,11H,5-7,16H2/t11-/m1/s1. The Morgan fingerprint density at radius 3 is 2.44 bits per heavy atom. The van der Waals surface area contributed by atoms with Gasteiger partial charge in [-0.3, -0.25) is 0 Å². The highest BCUT2D eigenvalue weighted by Gasteiger charge is 2.35. The second-order valence-corrected chi connectivity index (χ2v) is 4.37. The fraction of sp³-hybridized carbons (Fsp3) is 0.500. The van der Waals surface area contributed by atoms with Crippen LogP contribution in [-0.2, 0) is 6.18 Å². The Kier molecular flexibility index (Phi) is 2.93. The molecule has 0 amide bonds. The molecule has 1 fully saturated rings. The van der Waals surface area contributed by atoms with Gasteiger partial charge in [-0.1, -0.05) is 31.0 Å². The van der Waals surface area contributed by atoms with Gasteiger partial charge in [0.1, 0.15) is 0 Å². The van der Waals surface area contributed by atoms with Gasteiger partial charge < -0.3 is 5.73 Å². The predicted molar refractivity (Wildman–Crippen MR) is 55.7 cm³/mol. The zero-order valence-corrected chi connectivity index (χ0v) is 8.80. The van der Waals surface area contributed by atoms with Crippen molar-refractivity contribution in [3.8, 4) is 0 Å². The summed E-state index contributed by atoms with van der Waals surface area (Å²) in [5.74, 6) is 0.524. The molecule has 4 heteroatoms. The zero-order valence-electron chi connectivity index (χ0n) is 8.80. The van der Waals surface area contributed by atoms with Crippen molar-refractivity contribution in [1.29, 1.82) is 0 Å². The third-order valence-corrected chi connectivity index (χ3v) is 2.95. The number of alkyl halides is 3. The maximum Gasteiger partial charge on any atom is 0.416 e. The van der Waals surface area contributed by atoms with Crippen molar-refractivity contribution >= 4 is 0 Å². The summed E-state index contributed by atoms with van der Waals surface area (Å²) in [4.78, 5) is 0. The summed E-state index contributed by atoms with van der Waals surface area (Å²) < 4.78 is 38.1. The first-order valence-corrected chi connectivity index (χ1v) is 5.40. The molecule has 0 aromatic heterocycles. The highest BCUT2D eigenvalue weighted by atomic mass is 19.4. The molecule has 0 unspecified atom stereocenters. The van der Waals surface area contributed by atoms with Gasteiger partial charge >= 0.3 is 6.18 Å². The Bertz CT molecular complexity index is 369. The van der Waals surface area contributed by atoms with Crippen LogP contribution in [0.3, 0.4) is 0 Å². The van der Waals surface area contributed by atoms with Crippen LogP contribution in [0.4, 0.5) is 13.2 Å². The van der Waals surface area contributed by atoms with E-state index in [2.05, 4.69) is 0 Å². The van der Waals surface area contributed by atoms with Crippen LogP contribution in [0, 0.1) is 5.92 Å². The lowest BCUT2D eigenvalue weighted by atomic mass is 9.96. The Labute approximate surface area is 92.5 Å². The highest BCUT2D eigenvalue weighted by molar-refractivity contribution is 5.32. The minimum Gasteiger partial charge on any atom is -0.324 e. The molecule has 1 aliphatic rings. The van der Waals surface area contributed by atoms with E-state index < -0.39 is 17.8 Å². The van der Waals surface area contributed by atoms with Crippen LogP contribution in [-0.4, -0.2) is 0 Å². The summed E-state index contributed by atoms with van der Waals surface area (Å²) in [5.41, 5.74) is 5.46. The summed E-state index contributed by atoms with van der Waals surface area (Å²) in [6.45, 7) is 0. The summed E-state index contributed by atoms with van der Waals surface area (Å²) in [6, 6.07) is 5.09. The lowest BCUT2D eigenvalue weighted by Crippen LogP contribution is -2.17. The first-order valence-electron chi connectivity index (χ1n) is 5.40. The molecule has 0 radical (unpaired) electrons. The quantitative estimate of drug-likeness (QED) is 0.843. The predicted octanol–water partition coefficient (Wildman–Crippen LogP) is 3.51. The van der Waals surface area contributed by atoms with E-state index in [1.807, 2.05) is 0 Å². The molecule has 2 rings (SSSR count). The number of hydrogen-bond acceptors (Lipinski definition) is 1. The Hall–Kier alpha value is -1.03. The van der Waals surface area contributed by atoms with Crippen LogP contribution in [0.2, 0.25) is 0 Å². The normalized spacial score (nSPS) is 18.5. The SMILES string of the molecule is N[C@H](CC1CC1)c1ccccc1C(F)(F)F. The molecule has 1 aliphatic carbocycles. The third kappa shape index (κ3) is 2.55. The van der Waals surface area contributed by atoms with Crippen molar-refractivity contribution in [2.75, 3.05) is 0 Å².